The highest BCUT2D eigenvalue weighted by Gasteiger charge is 2.29. The normalized spacial score (nSPS) is 23.6. The Morgan fingerprint density at radius 2 is 1.78 bits per heavy atom. The Hall–Kier alpha value is -0.780. The average molecular weight is 349 g/mol. The quantitative estimate of drug-likeness (QED) is 0.781. The molecular weight excluding hydrogens is 328 g/mol. The van der Waals surface area contributed by atoms with Gasteiger partial charge in [0, 0.05) is 47.5 Å². The number of benzene rings is 2. The Kier molecular flexibility index (Phi) is 4.78. The summed E-state index contributed by atoms with van der Waals surface area (Å²) in [5, 5.41) is 3.22. The SMILES string of the molecule is Clc1cccc2c(SN3CCC(N4CCOCC4)C3)cccc12. The van der Waals surface area contributed by atoms with Crippen LogP contribution in [0.25, 0.3) is 10.8 Å². The van der Waals surface area contributed by atoms with Gasteiger partial charge in [-0.1, -0.05) is 35.9 Å². The zero-order valence-electron chi connectivity index (χ0n) is 13.1. The van der Waals surface area contributed by atoms with Crippen LogP contribution in [-0.4, -0.2) is 54.6 Å². The second kappa shape index (κ2) is 6.99. The van der Waals surface area contributed by atoms with Crippen molar-refractivity contribution in [3.05, 3.63) is 41.4 Å². The number of hydrogen-bond donors (Lipinski definition) is 0. The van der Waals surface area contributed by atoms with Crippen LogP contribution in [0.4, 0.5) is 0 Å². The number of hydrogen-bond acceptors (Lipinski definition) is 4. The second-order valence-corrected chi connectivity index (χ2v) is 7.71. The molecule has 4 rings (SSSR count). The maximum atomic E-state index is 6.33. The Morgan fingerprint density at radius 3 is 2.65 bits per heavy atom. The van der Waals surface area contributed by atoms with Gasteiger partial charge in [-0.05, 0) is 35.9 Å². The third-order valence-corrected chi connectivity index (χ3v) is 6.22. The zero-order valence-corrected chi connectivity index (χ0v) is 14.7. The largest absolute Gasteiger partial charge is 0.379 e. The monoisotopic (exact) mass is 348 g/mol. The van der Waals surface area contributed by atoms with Crippen LogP contribution in [0.15, 0.2) is 41.3 Å². The van der Waals surface area contributed by atoms with Crippen molar-refractivity contribution in [2.75, 3.05) is 39.4 Å². The molecule has 2 aromatic carbocycles. The van der Waals surface area contributed by atoms with Gasteiger partial charge in [-0.25, -0.2) is 4.31 Å². The highest BCUT2D eigenvalue weighted by atomic mass is 35.5. The first-order valence-electron chi connectivity index (χ1n) is 8.23. The lowest BCUT2D eigenvalue weighted by molar-refractivity contribution is 0.0198. The van der Waals surface area contributed by atoms with E-state index in [2.05, 4.69) is 33.5 Å². The van der Waals surface area contributed by atoms with Gasteiger partial charge in [0.05, 0.1) is 13.2 Å². The average Bonchev–Trinajstić information content (AvgIpc) is 3.05. The summed E-state index contributed by atoms with van der Waals surface area (Å²) in [5.74, 6) is 0. The van der Waals surface area contributed by atoms with E-state index < -0.39 is 0 Å². The van der Waals surface area contributed by atoms with E-state index in [1.54, 1.807) is 0 Å². The minimum atomic E-state index is 0.671. The van der Waals surface area contributed by atoms with Gasteiger partial charge in [0.15, 0.2) is 0 Å². The second-order valence-electron chi connectivity index (χ2n) is 6.16. The summed E-state index contributed by atoms with van der Waals surface area (Å²) >= 11 is 8.20. The summed E-state index contributed by atoms with van der Waals surface area (Å²) in [6.45, 7) is 6.18. The number of ether oxygens (including phenoxy) is 1. The third-order valence-electron chi connectivity index (χ3n) is 4.74. The molecule has 0 bridgehead atoms. The molecule has 0 spiro atoms. The van der Waals surface area contributed by atoms with E-state index in [0.29, 0.717) is 6.04 Å². The van der Waals surface area contributed by atoms with Crippen molar-refractivity contribution in [3.63, 3.8) is 0 Å². The van der Waals surface area contributed by atoms with Crippen LogP contribution in [0.3, 0.4) is 0 Å². The van der Waals surface area contributed by atoms with Gasteiger partial charge in [-0.15, -0.1) is 0 Å². The van der Waals surface area contributed by atoms with Gasteiger partial charge < -0.3 is 4.74 Å². The predicted octanol–water partition coefficient (Wildman–Crippen LogP) is 3.91. The fourth-order valence-corrected chi connectivity index (χ4v) is 4.87. The summed E-state index contributed by atoms with van der Waals surface area (Å²) in [6.07, 6.45) is 1.25. The molecule has 1 atom stereocenters. The number of fused-ring (bicyclic) bond motifs is 1. The number of rotatable bonds is 3. The van der Waals surface area contributed by atoms with Crippen molar-refractivity contribution in [1.82, 2.24) is 9.21 Å². The first-order chi connectivity index (χ1) is 11.3. The minimum absolute atomic E-state index is 0.671. The molecule has 2 heterocycles. The van der Waals surface area contributed by atoms with Gasteiger partial charge in [-0.2, -0.15) is 0 Å². The fourth-order valence-electron chi connectivity index (χ4n) is 3.50. The van der Waals surface area contributed by atoms with E-state index in [0.717, 1.165) is 49.8 Å². The van der Waals surface area contributed by atoms with Gasteiger partial charge in [0.1, 0.15) is 0 Å². The molecule has 2 saturated heterocycles. The standard InChI is InChI=1S/C18H21ClN2OS/c19-17-5-1-4-16-15(17)3-2-6-18(16)23-21-8-7-14(13-21)20-9-11-22-12-10-20/h1-6,14H,7-13H2. The van der Waals surface area contributed by atoms with E-state index in [-0.39, 0.29) is 0 Å². The first-order valence-corrected chi connectivity index (χ1v) is 9.38. The summed E-state index contributed by atoms with van der Waals surface area (Å²) in [7, 11) is 0. The number of morpholine rings is 1. The Labute approximate surface area is 146 Å². The molecule has 5 heteroatoms. The van der Waals surface area contributed by atoms with Crippen molar-refractivity contribution in [3.8, 4) is 0 Å². The molecule has 0 radical (unpaired) electrons. The van der Waals surface area contributed by atoms with Crippen molar-refractivity contribution in [2.45, 2.75) is 17.4 Å². The Balaban J connectivity index is 1.48. The van der Waals surface area contributed by atoms with Crippen LogP contribution >= 0.6 is 23.5 Å². The molecule has 0 amide bonds. The minimum Gasteiger partial charge on any atom is -0.379 e. The van der Waals surface area contributed by atoms with Crippen LogP contribution in [-0.2, 0) is 4.74 Å². The van der Waals surface area contributed by atoms with Crippen molar-refractivity contribution in [1.29, 1.82) is 0 Å². The number of nitrogens with zero attached hydrogens (tertiary/aromatic N) is 2. The van der Waals surface area contributed by atoms with Gasteiger partial charge >= 0.3 is 0 Å². The van der Waals surface area contributed by atoms with Crippen molar-refractivity contribution < 1.29 is 4.74 Å². The van der Waals surface area contributed by atoms with Gasteiger partial charge in [0.2, 0.25) is 0 Å². The maximum Gasteiger partial charge on any atom is 0.0594 e. The molecule has 1 unspecified atom stereocenters. The molecule has 0 aliphatic carbocycles. The lowest BCUT2D eigenvalue weighted by atomic mass is 10.1. The summed E-state index contributed by atoms with van der Waals surface area (Å²) in [4.78, 5) is 3.89. The Bertz CT molecular complexity index is 690. The highest BCUT2D eigenvalue weighted by Crippen LogP contribution is 2.35. The molecular formula is C18H21ClN2OS. The predicted molar refractivity (Wildman–Crippen MR) is 97.2 cm³/mol. The molecule has 2 aliphatic rings. The molecule has 0 N–H and O–H groups in total. The van der Waals surface area contributed by atoms with E-state index >= 15 is 0 Å². The fraction of sp³-hybridized carbons (Fsp3) is 0.444. The van der Waals surface area contributed by atoms with Crippen molar-refractivity contribution in [2.24, 2.45) is 0 Å². The lowest BCUT2D eigenvalue weighted by Crippen LogP contribution is -2.44. The zero-order chi connectivity index (χ0) is 15.6. The molecule has 2 aliphatic heterocycles. The molecule has 0 aromatic heterocycles. The van der Waals surface area contributed by atoms with Crippen LogP contribution < -0.4 is 0 Å². The van der Waals surface area contributed by atoms with Crippen LogP contribution in [0.5, 0.6) is 0 Å². The molecule has 0 saturated carbocycles. The van der Waals surface area contributed by atoms with Crippen LogP contribution in [0, 0.1) is 0 Å². The smallest absolute Gasteiger partial charge is 0.0594 e. The van der Waals surface area contributed by atoms with E-state index in [4.69, 9.17) is 16.3 Å². The van der Waals surface area contributed by atoms with Crippen LogP contribution in [0.1, 0.15) is 6.42 Å². The van der Waals surface area contributed by atoms with Crippen LogP contribution in [0.2, 0.25) is 5.02 Å². The van der Waals surface area contributed by atoms with Crippen molar-refractivity contribution >= 4 is 34.3 Å². The molecule has 23 heavy (non-hydrogen) atoms. The van der Waals surface area contributed by atoms with E-state index in [1.165, 1.54) is 16.7 Å². The highest BCUT2D eigenvalue weighted by molar-refractivity contribution is 7.97. The van der Waals surface area contributed by atoms with Gasteiger partial charge in [-0.3, -0.25) is 4.90 Å². The summed E-state index contributed by atoms with van der Waals surface area (Å²) in [6, 6.07) is 13.2. The molecule has 2 fully saturated rings. The van der Waals surface area contributed by atoms with E-state index in [9.17, 15) is 0 Å². The van der Waals surface area contributed by atoms with E-state index in [1.807, 2.05) is 24.1 Å². The molecule has 122 valence electrons. The number of halogens is 1. The van der Waals surface area contributed by atoms with Gasteiger partial charge in [0.25, 0.3) is 0 Å². The third kappa shape index (κ3) is 3.37. The maximum absolute atomic E-state index is 6.33. The molecule has 2 aromatic rings. The summed E-state index contributed by atoms with van der Waals surface area (Å²) in [5.41, 5.74) is 0. The lowest BCUT2D eigenvalue weighted by Gasteiger charge is -2.32. The molecule has 3 nitrogen and oxygen atoms in total. The Morgan fingerprint density at radius 1 is 1.00 bits per heavy atom. The topological polar surface area (TPSA) is 15.7 Å². The first kappa shape index (κ1) is 15.7. The summed E-state index contributed by atoms with van der Waals surface area (Å²) < 4.78 is 7.96.